The first-order valence-electron chi connectivity index (χ1n) is 10.8. The maximum absolute atomic E-state index is 12.4. The molecule has 1 fully saturated rings. The van der Waals surface area contributed by atoms with Gasteiger partial charge < -0.3 is 20.1 Å². The molecule has 168 valence electrons. The number of hydrogen-bond acceptors (Lipinski definition) is 5. The molecule has 0 spiro atoms. The fourth-order valence-corrected chi connectivity index (χ4v) is 3.64. The van der Waals surface area contributed by atoms with Crippen LogP contribution in [0.5, 0.6) is 5.75 Å². The fourth-order valence-electron chi connectivity index (χ4n) is 3.64. The van der Waals surface area contributed by atoms with Gasteiger partial charge in [0.2, 0.25) is 5.91 Å². The van der Waals surface area contributed by atoms with E-state index in [1.807, 2.05) is 6.92 Å². The maximum atomic E-state index is 12.4. The van der Waals surface area contributed by atoms with Crippen LogP contribution in [0.15, 0.2) is 60.2 Å². The number of amides is 2. The molecule has 1 aliphatic carbocycles. The molecule has 1 aliphatic rings. The standard InChI is InChI=1S/C25H28N2O5/c1-3-31-25(30)32-22-14-8-19(9-15-22)24(29)27-21-12-10-20(11-13-21)26-23(28)16-17(2)18-6-4-5-7-18/h8-16,18H,3-7H2,1-2H3,(H,26,28)(H,27,29)/b17-16+. The van der Waals surface area contributed by atoms with E-state index in [9.17, 15) is 14.4 Å². The van der Waals surface area contributed by atoms with Crippen molar-refractivity contribution in [2.75, 3.05) is 17.2 Å². The summed E-state index contributed by atoms with van der Waals surface area (Å²) in [6, 6.07) is 13.1. The summed E-state index contributed by atoms with van der Waals surface area (Å²) in [6.45, 7) is 3.92. The Bertz CT molecular complexity index is 974. The number of carbonyl (C=O) groups is 3. The molecule has 0 bridgehead atoms. The maximum Gasteiger partial charge on any atom is 0.513 e. The number of nitrogens with one attached hydrogen (secondary N) is 2. The summed E-state index contributed by atoms with van der Waals surface area (Å²) in [4.78, 5) is 36.0. The Morgan fingerprint density at radius 3 is 2.12 bits per heavy atom. The summed E-state index contributed by atoms with van der Waals surface area (Å²) in [6.07, 6.45) is 5.67. The van der Waals surface area contributed by atoms with Crippen LogP contribution >= 0.6 is 0 Å². The highest BCUT2D eigenvalue weighted by atomic mass is 16.7. The monoisotopic (exact) mass is 436 g/mol. The lowest BCUT2D eigenvalue weighted by Crippen LogP contribution is -2.13. The molecule has 2 aromatic carbocycles. The number of anilines is 2. The van der Waals surface area contributed by atoms with Gasteiger partial charge in [-0.25, -0.2) is 4.79 Å². The molecule has 2 amide bonds. The first kappa shape index (κ1) is 23.1. The summed E-state index contributed by atoms with van der Waals surface area (Å²) in [5, 5.41) is 5.65. The second-order valence-corrected chi connectivity index (χ2v) is 7.70. The molecule has 0 heterocycles. The van der Waals surface area contributed by atoms with Gasteiger partial charge in [0.25, 0.3) is 5.91 Å². The van der Waals surface area contributed by atoms with Gasteiger partial charge in [-0.05, 0) is 81.1 Å². The number of hydrogen-bond donors (Lipinski definition) is 2. The van der Waals surface area contributed by atoms with Gasteiger partial charge in [0.15, 0.2) is 0 Å². The Kier molecular flexibility index (Phi) is 8.02. The predicted octanol–water partition coefficient (Wildman–Crippen LogP) is 5.55. The zero-order chi connectivity index (χ0) is 22.9. The lowest BCUT2D eigenvalue weighted by molar-refractivity contribution is -0.112. The SMILES string of the molecule is CCOC(=O)Oc1ccc(C(=O)Nc2ccc(NC(=O)/C=C(\C)C3CCCC3)cc2)cc1. The van der Waals surface area contributed by atoms with Crippen LogP contribution in [0.1, 0.15) is 49.9 Å². The highest BCUT2D eigenvalue weighted by Crippen LogP contribution is 2.30. The minimum atomic E-state index is -0.791. The van der Waals surface area contributed by atoms with Crippen molar-refractivity contribution >= 4 is 29.3 Å². The number of ether oxygens (including phenoxy) is 2. The molecule has 0 aliphatic heterocycles. The van der Waals surface area contributed by atoms with Crippen LogP contribution in [-0.2, 0) is 9.53 Å². The van der Waals surface area contributed by atoms with Crippen molar-refractivity contribution in [2.45, 2.75) is 39.5 Å². The second kappa shape index (κ2) is 11.1. The number of allylic oxidation sites excluding steroid dienone is 1. The minimum absolute atomic E-state index is 0.142. The van der Waals surface area contributed by atoms with E-state index in [-0.39, 0.29) is 24.2 Å². The molecule has 3 rings (SSSR count). The van der Waals surface area contributed by atoms with Crippen LogP contribution in [0.2, 0.25) is 0 Å². The van der Waals surface area contributed by atoms with Gasteiger partial charge in [0.1, 0.15) is 5.75 Å². The van der Waals surface area contributed by atoms with E-state index in [0.717, 1.165) is 18.4 Å². The summed E-state index contributed by atoms with van der Waals surface area (Å²) in [5.74, 6) is 0.359. The van der Waals surface area contributed by atoms with Crippen molar-refractivity contribution < 1.29 is 23.9 Å². The van der Waals surface area contributed by atoms with Crippen LogP contribution in [0.3, 0.4) is 0 Å². The predicted molar refractivity (Wildman–Crippen MR) is 123 cm³/mol. The average Bonchev–Trinajstić information content (AvgIpc) is 3.31. The van der Waals surface area contributed by atoms with E-state index < -0.39 is 6.16 Å². The smallest absolute Gasteiger partial charge is 0.434 e. The molecular formula is C25H28N2O5. The van der Waals surface area contributed by atoms with Crippen LogP contribution in [0, 0.1) is 5.92 Å². The summed E-state index contributed by atoms with van der Waals surface area (Å²) >= 11 is 0. The molecule has 32 heavy (non-hydrogen) atoms. The quantitative estimate of drug-likeness (QED) is 0.337. The molecule has 7 heteroatoms. The molecule has 0 atom stereocenters. The minimum Gasteiger partial charge on any atom is -0.434 e. The lowest BCUT2D eigenvalue weighted by Gasteiger charge is -2.10. The van der Waals surface area contributed by atoms with Gasteiger partial charge in [-0.15, -0.1) is 0 Å². The van der Waals surface area contributed by atoms with Crippen LogP contribution in [0.25, 0.3) is 0 Å². The van der Waals surface area contributed by atoms with E-state index in [4.69, 9.17) is 9.47 Å². The third-order valence-corrected chi connectivity index (χ3v) is 5.35. The second-order valence-electron chi connectivity index (χ2n) is 7.70. The topological polar surface area (TPSA) is 93.7 Å². The number of benzene rings is 2. The van der Waals surface area contributed by atoms with Gasteiger partial charge in [-0.2, -0.15) is 0 Å². The number of carbonyl (C=O) groups excluding carboxylic acids is 3. The first-order chi connectivity index (χ1) is 15.4. The van der Waals surface area contributed by atoms with E-state index in [0.29, 0.717) is 22.9 Å². The van der Waals surface area contributed by atoms with Gasteiger partial charge >= 0.3 is 6.16 Å². The Morgan fingerprint density at radius 1 is 0.938 bits per heavy atom. The zero-order valence-corrected chi connectivity index (χ0v) is 18.4. The van der Waals surface area contributed by atoms with Crippen molar-refractivity contribution in [3.63, 3.8) is 0 Å². The molecule has 0 saturated heterocycles. The van der Waals surface area contributed by atoms with Crippen LogP contribution in [-0.4, -0.2) is 24.6 Å². The molecule has 2 N–H and O–H groups in total. The van der Waals surface area contributed by atoms with Crippen LogP contribution < -0.4 is 15.4 Å². The van der Waals surface area contributed by atoms with Crippen molar-refractivity contribution in [3.05, 3.63) is 65.7 Å². The van der Waals surface area contributed by atoms with Gasteiger partial charge in [-0.3, -0.25) is 9.59 Å². The molecule has 2 aromatic rings. The molecule has 1 saturated carbocycles. The zero-order valence-electron chi connectivity index (χ0n) is 18.4. The Labute approximate surface area is 187 Å². The van der Waals surface area contributed by atoms with Crippen molar-refractivity contribution in [2.24, 2.45) is 5.92 Å². The normalized spacial score (nSPS) is 14.0. The fraction of sp³-hybridized carbons (Fsp3) is 0.320. The summed E-state index contributed by atoms with van der Waals surface area (Å²) in [5.41, 5.74) is 2.79. The Hall–Kier alpha value is -3.61. The van der Waals surface area contributed by atoms with E-state index in [2.05, 4.69) is 10.6 Å². The average molecular weight is 437 g/mol. The van der Waals surface area contributed by atoms with E-state index in [1.54, 1.807) is 49.4 Å². The molecule has 0 radical (unpaired) electrons. The summed E-state index contributed by atoms with van der Waals surface area (Å²) in [7, 11) is 0. The Balaban J connectivity index is 1.52. The van der Waals surface area contributed by atoms with E-state index in [1.165, 1.54) is 25.0 Å². The van der Waals surface area contributed by atoms with Gasteiger partial charge in [0.05, 0.1) is 6.61 Å². The Morgan fingerprint density at radius 2 is 1.53 bits per heavy atom. The third kappa shape index (κ3) is 6.70. The highest BCUT2D eigenvalue weighted by Gasteiger charge is 2.17. The molecule has 0 unspecified atom stereocenters. The third-order valence-electron chi connectivity index (χ3n) is 5.35. The highest BCUT2D eigenvalue weighted by molar-refractivity contribution is 6.04. The number of rotatable bonds is 7. The van der Waals surface area contributed by atoms with Crippen LogP contribution in [0.4, 0.5) is 16.2 Å². The molecular weight excluding hydrogens is 408 g/mol. The molecule has 0 aromatic heterocycles. The van der Waals surface area contributed by atoms with Crippen molar-refractivity contribution in [3.8, 4) is 5.75 Å². The largest absolute Gasteiger partial charge is 0.513 e. The summed E-state index contributed by atoms with van der Waals surface area (Å²) < 4.78 is 9.68. The van der Waals surface area contributed by atoms with Gasteiger partial charge in [0, 0.05) is 23.0 Å². The first-order valence-corrected chi connectivity index (χ1v) is 10.8. The van der Waals surface area contributed by atoms with Crippen molar-refractivity contribution in [1.29, 1.82) is 0 Å². The van der Waals surface area contributed by atoms with Gasteiger partial charge in [-0.1, -0.05) is 18.4 Å². The van der Waals surface area contributed by atoms with E-state index >= 15 is 0 Å². The molecule has 7 nitrogen and oxygen atoms in total. The van der Waals surface area contributed by atoms with Crippen molar-refractivity contribution in [1.82, 2.24) is 0 Å². The lowest BCUT2D eigenvalue weighted by atomic mass is 9.99.